The van der Waals surface area contributed by atoms with Gasteiger partial charge in [0, 0.05) is 6.54 Å². The van der Waals surface area contributed by atoms with E-state index < -0.39 is 0 Å². The fraction of sp³-hybridized carbons (Fsp3) is 0.667. The Kier molecular flexibility index (Phi) is 1.89. The summed E-state index contributed by atoms with van der Waals surface area (Å²) in [5.41, 5.74) is 5.82. The van der Waals surface area contributed by atoms with E-state index in [9.17, 15) is 0 Å². The van der Waals surface area contributed by atoms with E-state index in [0.29, 0.717) is 6.54 Å². The van der Waals surface area contributed by atoms with Crippen molar-refractivity contribution in [1.82, 2.24) is 4.98 Å². The highest BCUT2D eigenvalue weighted by molar-refractivity contribution is 5.08. The molecule has 2 N–H and O–H groups in total. The monoisotopic (exact) mass is 166 g/mol. The number of rotatable bonds is 2. The molecule has 3 heteroatoms. The van der Waals surface area contributed by atoms with Crippen LogP contribution in [0.1, 0.15) is 31.6 Å². The second-order valence-corrected chi connectivity index (χ2v) is 3.53. The topological polar surface area (TPSA) is 52.0 Å². The first-order valence-electron chi connectivity index (χ1n) is 4.47. The van der Waals surface area contributed by atoms with E-state index in [0.717, 1.165) is 18.7 Å². The van der Waals surface area contributed by atoms with Gasteiger partial charge in [0.2, 0.25) is 5.89 Å². The first-order valence-corrected chi connectivity index (χ1v) is 4.47. The average Bonchev–Trinajstić information content (AvgIpc) is 2.76. The summed E-state index contributed by atoms with van der Waals surface area (Å²) in [7, 11) is 0. The second kappa shape index (κ2) is 2.90. The lowest BCUT2D eigenvalue weighted by Gasteiger charge is -2.22. The van der Waals surface area contributed by atoms with Gasteiger partial charge in [-0.1, -0.05) is 12.8 Å². The van der Waals surface area contributed by atoms with Crippen LogP contribution in [0.4, 0.5) is 0 Å². The van der Waals surface area contributed by atoms with E-state index in [2.05, 4.69) is 4.98 Å². The lowest BCUT2D eigenvalue weighted by molar-refractivity contribution is 0.332. The summed E-state index contributed by atoms with van der Waals surface area (Å²) in [5.74, 6) is 0.836. The van der Waals surface area contributed by atoms with Gasteiger partial charge in [-0.3, -0.25) is 0 Å². The summed E-state index contributed by atoms with van der Waals surface area (Å²) >= 11 is 0. The molecule has 0 spiro atoms. The first kappa shape index (κ1) is 7.80. The molecule has 12 heavy (non-hydrogen) atoms. The molecule has 0 aromatic carbocycles. The molecular weight excluding hydrogens is 152 g/mol. The van der Waals surface area contributed by atoms with Crippen molar-refractivity contribution in [3.05, 3.63) is 18.4 Å². The summed E-state index contributed by atoms with van der Waals surface area (Å²) < 4.78 is 5.32. The number of oxazole rings is 1. The Hall–Kier alpha value is -0.830. The van der Waals surface area contributed by atoms with E-state index in [1.54, 1.807) is 12.5 Å². The molecule has 1 saturated carbocycles. The molecule has 0 atom stereocenters. The summed E-state index contributed by atoms with van der Waals surface area (Å²) in [5, 5.41) is 0. The largest absolute Gasteiger partial charge is 0.448 e. The van der Waals surface area contributed by atoms with Gasteiger partial charge in [-0.2, -0.15) is 0 Å². The van der Waals surface area contributed by atoms with Crippen LogP contribution in [-0.2, 0) is 5.41 Å². The lowest BCUT2D eigenvalue weighted by Crippen LogP contribution is -2.32. The molecule has 3 nitrogen and oxygen atoms in total. The molecule has 0 radical (unpaired) electrons. The minimum atomic E-state index is 0.0590. The average molecular weight is 166 g/mol. The molecule has 0 aliphatic heterocycles. The van der Waals surface area contributed by atoms with Crippen molar-refractivity contribution in [3.63, 3.8) is 0 Å². The zero-order valence-corrected chi connectivity index (χ0v) is 7.12. The zero-order chi connectivity index (χ0) is 8.44. The van der Waals surface area contributed by atoms with Crippen LogP contribution >= 0.6 is 0 Å². The number of hydrogen-bond acceptors (Lipinski definition) is 3. The van der Waals surface area contributed by atoms with E-state index in [4.69, 9.17) is 10.2 Å². The summed E-state index contributed by atoms with van der Waals surface area (Å²) in [6, 6.07) is 0. The third kappa shape index (κ3) is 1.05. The molecule has 1 heterocycles. The van der Waals surface area contributed by atoms with Gasteiger partial charge in [0.1, 0.15) is 6.26 Å². The van der Waals surface area contributed by atoms with E-state index in [1.165, 1.54) is 12.8 Å². The van der Waals surface area contributed by atoms with Crippen LogP contribution in [0.5, 0.6) is 0 Å². The highest BCUT2D eigenvalue weighted by Gasteiger charge is 2.38. The Morgan fingerprint density at radius 3 is 2.75 bits per heavy atom. The maximum atomic E-state index is 5.76. The molecule has 1 aromatic heterocycles. The van der Waals surface area contributed by atoms with Gasteiger partial charge in [0.25, 0.3) is 0 Å². The standard InChI is InChI=1S/C9H14N2O/c10-7-9(3-1-2-4-9)8-11-5-6-12-8/h5-6H,1-4,7,10H2. The van der Waals surface area contributed by atoms with Crippen LogP contribution in [0.15, 0.2) is 16.9 Å². The Balaban J connectivity index is 2.28. The first-order chi connectivity index (χ1) is 5.87. The molecular formula is C9H14N2O. The van der Waals surface area contributed by atoms with Crippen LogP contribution in [0.2, 0.25) is 0 Å². The highest BCUT2D eigenvalue weighted by atomic mass is 16.3. The van der Waals surface area contributed by atoms with Gasteiger partial charge in [-0.25, -0.2) is 4.98 Å². The fourth-order valence-corrected chi connectivity index (χ4v) is 2.04. The molecule has 0 bridgehead atoms. The Morgan fingerprint density at radius 1 is 1.50 bits per heavy atom. The van der Waals surface area contributed by atoms with Crippen molar-refractivity contribution in [2.75, 3.05) is 6.54 Å². The van der Waals surface area contributed by atoms with Crippen molar-refractivity contribution in [2.24, 2.45) is 5.73 Å². The van der Waals surface area contributed by atoms with Gasteiger partial charge >= 0.3 is 0 Å². The second-order valence-electron chi connectivity index (χ2n) is 3.53. The maximum absolute atomic E-state index is 5.76. The molecule has 0 saturated heterocycles. The van der Waals surface area contributed by atoms with Crippen molar-refractivity contribution in [3.8, 4) is 0 Å². The minimum absolute atomic E-state index is 0.0590. The van der Waals surface area contributed by atoms with Crippen LogP contribution < -0.4 is 5.73 Å². The predicted octanol–water partition coefficient (Wildman–Crippen LogP) is 1.45. The molecule has 2 rings (SSSR count). The van der Waals surface area contributed by atoms with Crippen molar-refractivity contribution >= 4 is 0 Å². The maximum Gasteiger partial charge on any atom is 0.201 e. The lowest BCUT2D eigenvalue weighted by atomic mass is 9.86. The SMILES string of the molecule is NCC1(c2ncco2)CCCC1. The molecule has 1 fully saturated rings. The third-order valence-electron chi connectivity index (χ3n) is 2.84. The fourth-order valence-electron chi connectivity index (χ4n) is 2.04. The molecule has 1 aliphatic rings. The molecule has 66 valence electrons. The number of hydrogen-bond donors (Lipinski definition) is 1. The summed E-state index contributed by atoms with van der Waals surface area (Å²) in [6.45, 7) is 0.660. The normalized spacial score (nSPS) is 21.4. The zero-order valence-electron chi connectivity index (χ0n) is 7.12. The summed E-state index contributed by atoms with van der Waals surface area (Å²) in [4.78, 5) is 4.19. The van der Waals surface area contributed by atoms with Crippen molar-refractivity contribution in [1.29, 1.82) is 0 Å². The van der Waals surface area contributed by atoms with Crippen molar-refractivity contribution < 1.29 is 4.42 Å². The van der Waals surface area contributed by atoms with Gasteiger partial charge in [0.15, 0.2) is 0 Å². The van der Waals surface area contributed by atoms with Gasteiger partial charge < -0.3 is 10.2 Å². The van der Waals surface area contributed by atoms with Crippen molar-refractivity contribution in [2.45, 2.75) is 31.1 Å². The third-order valence-corrected chi connectivity index (χ3v) is 2.84. The van der Waals surface area contributed by atoms with Crippen LogP contribution in [-0.4, -0.2) is 11.5 Å². The quantitative estimate of drug-likeness (QED) is 0.723. The molecule has 0 amide bonds. The Labute approximate surface area is 72.0 Å². The van der Waals surface area contributed by atoms with Gasteiger partial charge in [-0.15, -0.1) is 0 Å². The number of aromatic nitrogens is 1. The molecule has 0 unspecified atom stereocenters. The van der Waals surface area contributed by atoms with Gasteiger partial charge in [0.05, 0.1) is 11.6 Å². The minimum Gasteiger partial charge on any atom is -0.448 e. The molecule has 1 aliphatic carbocycles. The number of nitrogens with zero attached hydrogens (tertiary/aromatic N) is 1. The van der Waals surface area contributed by atoms with E-state index in [1.807, 2.05) is 0 Å². The van der Waals surface area contributed by atoms with Crippen LogP contribution in [0.3, 0.4) is 0 Å². The highest BCUT2D eigenvalue weighted by Crippen LogP contribution is 2.39. The Bertz CT molecular complexity index is 237. The Morgan fingerprint density at radius 2 is 2.25 bits per heavy atom. The smallest absolute Gasteiger partial charge is 0.201 e. The van der Waals surface area contributed by atoms with Gasteiger partial charge in [-0.05, 0) is 12.8 Å². The number of nitrogens with two attached hydrogens (primary N) is 1. The van der Waals surface area contributed by atoms with E-state index >= 15 is 0 Å². The molecule has 1 aromatic rings. The van der Waals surface area contributed by atoms with E-state index in [-0.39, 0.29) is 5.41 Å². The predicted molar refractivity (Wildman–Crippen MR) is 45.7 cm³/mol. The van der Waals surface area contributed by atoms with Crippen LogP contribution in [0, 0.1) is 0 Å². The van der Waals surface area contributed by atoms with Crippen LogP contribution in [0.25, 0.3) is 0 Å². The summed E-state index contributed by atoms with van der Waals surface area (Å²) in [6.07, 6.45) is 8.09.